The van der Waals surface area contributed by atoms with Crippen molar-refractivity contribution in [2.24, 2.45) is 0 Å². The quantitative estimate of drug-likeness (QED) is 0.704. The lowest BCUT2D eigenvalue weighted by molar-refractivity contribution is -0.151. The third kappa shape index (κ3) is 4.73. The highest BCUT2D eigenvalue weighted by Crippen LogP contribution is 2.25. The van der Waals surface area contributed by atoms with Crippen LogP contribution < -0.4 is 10.0 Å². The number of sulfonamides is 1. The molecule has 31 heavy (non-hydrogen) atoms. The molecule has 0 saturated carbocycles. The highest BCUT2D eigenvalue weighted by Gasteiger charge is 2.44. The standard InChI is InChI=1S/C21H21ClFN3O4S/c22-14-3-7-17(8-4-14)31(29,30)25-16-9-10-26-19(12-16)20(27)24-18(21(26)28)11-13-1-5-15(23)6-2-13/h1-8,16,18-19,25H,9-12H2,(H,24,27). The van der Waals surface area contributed by atoms with E-state index >= 15 is 0 Å². The van der Waals surface area contributed by atoms with E-state index in [1.807, 2.05) is 0 Å². The van der Waals surface area contributed by atoms with Crippen LogP contribution in [-0.2, 0) is 26.0 Å². The number of nitrogens with one attached hydrogen (secondary N) is 2. The van der Waals surface area contributed by atoms with Crippen LogP contribution in [0.15, 0.2) is 53.4 Å². The molecule has 7 nitrogen and oxygen atoms in total. The zero-order valence-electron chi connectivity index (χ0n) is 16.4. The first-order chi connectivity index (χ1) is 14.7. The van der Waals surface area contributed by atoms with E-state index in [0.29, 0.717) is 11.4 Å². The lowest BCUT2D eigenvalue weighted by atomic mass is 9.92. The van der Waals surface area contributed by atoms with Crippen molar-refractivity contribution in [3.8, 4) is 0 Å². The third-order valence-corrected chi connectivity index (χ3v) is 7.39. The summed E-state index contributed by atoms with van der Waals surface area (Å²) in [5, 5.41) is 3.16. The molecule has 0 aliphatic carbocycles. The maximum Gasteiger partial charge on any atom is 0.246 e. The van der Waals surface area contributed by atoms with Crippen LogP contribution >= 0.6 is 11.6 Å². The summed E-state index contributed by atoms with van der Waals surface area (Å²) in [7, 11) is -3.77. The molecule has 2 aromatic rings. The van der Waals surface area contributed by atoms with Crippen LogP contribution in [0.3, 0.4) is 0 Å². The summed E-state index contributed by atoms with van der Waals surface area (Å²) in [5.41, 5.74) is 0.740. The number of halogens is 2. The van der Waals surface area contributed by atoms with Gasteiger partial charge in [-0.3, -0.25) is 9.59 Å². The van der Waals surface area contributed by atoms with Crippen LogP contribution in [0.4, 0.5) is 4.39 Å². The normalized spacial score (nSPS) is 23.9. The predicted octanol–water partition coefficient (Wildman–Crippen LogP) is 1.86. The Kier molecular flexibility index (Phi) is 6.00. The van der Waals surface area contributed by atoms with Gasteiger partial charge >= 0.3 is 0 Å². The van der Waals surface area contributed by atoms with Gasteiger partial charge in [0.25, 0.3) is 0 Å². The second kappa shape index (κ2) is 8.57. The van der Waals surface area contributed by atoms with Gasteiger partial charge in [0.15, 0.2) is 0 Å². The van der Waals surface area contributed by atoms with Crippen LogP contribution in [-0.4, -0.2) is 49.8 Å². The summed E-state index contributed by atoms with van der Waals surface area (Å²) in [4.78, 5) is 27.2. The molecule has 4 rings (SSSR count). The fraction of sp³-hybridized carbons (Fsp3) is 0.333. The van der Waals surface area contributed by atoms with E-state index in [4.69, 9.17) is 11.6 Å². The monoisotopic (exact) mass is 465 g/mol. The summed E-state index contributed by atoms with van der Waals surface area (Å²) in [6, 6.07) is 9.66. The van der Waals surface area contributed by atoms with Gasteiger partial charge in [0.05, 0.1) is 4.90 Å². The molecule has 2 saturated heterocycles. The van der Waals surface area contributed by atoms with Gasteiger partial charge < -0.3 is 10.2 Å². The molecule has 0 spiro atoms. The smallest absolute Gasteiger partial charge is 0.246 e. The number of nitrogens with zero attached hydrogens (tertiary/aromatic N) is 1. The number of hydrogen-bond acceptors (Lipinski definition) is 4. The molecule has 3 atom stereocenters. The predicted molar refractivity (Wildman–Crippen MR) is 112 cm³/mol. The number of fused-ring (bicyclic) bond motifs is 1. The van der Waals surface area contributed by atoms with Crippen molar-refractivity contribution in [2.45, 2.75) is 42.3 Å². The average Bonchev–Trinajstić information content (AvgIpc) is 2.73. The Morgan fingerprint density at radius 3 is 2.45 bits per heavy atom. The van der Waals surface area contributed by atoms with Gasteiger partial charge in [-0.2, -0.15) is 0 Å². The van der Waals surface area contributed by atoms with E-state index in [1.54, 1.807) is 12.1 Å². The molecule has 2 aliphatic rings. The molecular weight excluding hydrogens is 445 g/mol. The highest BCUT2D eigenvalue weighted by molar-refractivity contribution is 7.89. The van der Waals surface area contributed by atoms with Crippen LogP contribution in [0.5, 0.6) is 0 Å². The molecule has 2 N–H and O–H groups in total. The summed E-state index contributed by atoms with van der Waals surface area (Å²) in [6.45, 7) is 0.268. The van der Waals surface area contributed by atoms with Crippen molar-refractivity contribution >= 4 is 33.4 Å². The van der Waals surface area contributed by atoms with Crippen molar-refractivity contribution in [2.75, 3.05) is 6.54 Å². The third-order valence-electron chi connectivity index (χ3n) is 5.60. The van der Waals surface area contributed by atoms with Crippen LogP contribution in [0.2, 0.25) is 5.02 Å². The summed E-state index contributed by atoms with van der Waals surface area (Å²) < 4.78 is 41.0. The maximum atomic E-state index is 13.1. The number of carbonyl (C=O) groups is 2. The van der Waals surface area contributed by atoms with Crippen molar-refractivity contribution in [3.63, 3.8) is 0 Å². The Morgan fingerprint density at radius 1 is 1.10 bits per heavy atom. The molecule has 2 fully saturated rings. The fourth-order valence-electron chi connectivity index (χ4n) is 4.01. The van der Waals surface area contributed by atoms with Gasteiger partial charge in [-0.25, -0.2) is 17.5 Å². The summed E-state index contributed by atoms with van der Waals surface area (Å²) >= 11 is 5.82. The second-order valence-electron chi connectivity index (χ2n) is 7.74. The zero-order valence-corrected chi connectivity index (χ0v) is 18.0. The highest BCUT2D eigenvalue weighted by atomic mass is 35.5. The molecular formula is C21H21ClFN3O4S. The van der Waals surface area contributed by atoms with Crippen LogP contribution in [0.1, 0.15) is 18.4 Å². The van der Waals surface area contributed by atoms with Crippen molar-refractivity contribution in [1.29, 1.82) is 0 Å². The van der Waals surface area contributed by atoms with Crippen molar-refractivity contribution < 1.29 is 22.4 Å². The number of piperidine rings is 1. The first kappa shape index (κ1) is 21.7. The van der Waals surface area contributed by atoms with Crippen LogP contribution in [0, 0.1) is 5.82 Å². The molecule has 2 amide bonds. The van der Waals surface area contributed by atoms with E-state index in [0.717, 1.165) is 5.56 Å². The Morgan fingerprint density at radius 2 is 1.77 bits per heavy atom. The SMILES string of the molecule is O=C1NC(Cc2ccc(F)cc2)C(=O)N2CCC(NS(=O)(=O)c3ccc(Cl)cc3)CC12. The van der Waals surface area contributed by atoms with Gasteiger partial charge in [-0.15, -0.1) is 0 Å². The summed E-state index contributed by atoms with van der Waals surface area (Å²) in [6.07, 6.45) is 0.847. The molecule has 10 heteroatoms. The Hall–Kier alpha value is -2.49. The van der Waals surface area contributed by atoms with E-state index in [1.165, 1.54) is 41.3 Å². The molecule has 0 radical (unpaired) electrons. The number of rotatable bonds is 5. The zero-order chi connectivity index (χ0) is 22.2. The van der Waals surface area contributed by atoms with Gasteiger partial charge in [0.2, 0.25) is 21.8 Å². The molecule has 2 heterocycles. The second-order valence-corrected chi connectivity index (χ2v) is 9.89. The minimum Gasteiger partial charge on any atom is -0.342 e. The number of carbonyl (C=O) groups excluding carboxylic acids is 2. The molecule has 2 aliphatic heterocycles. The number of hydrogen-bond donors (Lipinski definition) is 2. The first-order valence-electron chi connectivity index (χ1n) is 9.86. The van der Waals surface area contributed by atoms with E-state index in [9.17, 15) is 22.4 Å². The topological polar surface area (TPSA) is 95.6 Å². The summed E-state index contributed by atoms with van der Waals surface area (Å²) in [5.74, 6) is -0.902. The Labute approximate surface area is 184 Å². The maximum absolute atomic E-state index is 13.1. The largest absolute Gasteiger partial charge is 0.342 e. The molecule has 0 aromatic heterocycles. The Bertz CT molecular complexity index is 1090. The average molecular weight is 466 g/mol. The van der Waals surface area contributed by atoms with E-state index in [2.05, 4.69) is 10.0 Å². The molecule has 2 aromatic carbocycles. The Balaban J connectivity index is 1.42. The van der Waals surface area contributed by atoms with Gasteiger partial charge in [-0.05, 0) is 54.8 Å². The van der Waals surface area contributed by atoms with Gasteiger partial charge in [0, 0.05) is 24.0 Å². The molecule has 164 valence electrons. The lowest BCUT2D eigenvalue weighted by Gasteiger charge is -2.44. The fourth-order valence-corrected chi connectivity index (χ4v) is 5.42. The number of piperazine rings is 1. The van der Waals surface area contributed by atoms with Crippen molar-refractivity contribution in [1.82, 2.24) is 14.9 Å². The van der Waals surface area contributed by atoms with E-state index in [-0.39, 0.29) is 41.9 Å². The minimum atomic E-state index is -3.77. The number of benzene rings is 2. The number of amides is 2. The minimum absolute atomic E-state index is 0.0860. The van der Waals surface area contributed by atoms with Gasteiger partial charge in [-0.1, -0.05) is 23.7 Å². The first-order valence-corrected chi connectivity index (χ1v) is 11.7. The molecule has 0 bridgehead atoms. The van der Waals surface area contributed by atoms with Crippen LogP contribution in [0.25, 0.3) is 0 Å². The van der Waals surface area contributed by atoms with Gasteiger partial charge in [0.1, 0.15) is 17.9 Å². The van der Waals surface area contributed by atoms with E-state index < -0.39 is 28.1 Å². The van der Waals surface area contributed by atoms with Crippen molar-refractivity contribution in [3.05, 3.63) is 64.9 Å². The lowest BCUT2D eigenvalue weighted by Crippen LogP contribution is -2.67. The molecule has 3 unspecified atom stereocenters.